The van der Waals surface area contributed by atoms with Gasteiger partial charge in [-0.1, -0.05) is 0 Å². The van der Waals surface area contributed by atoms with E-state index < -0.39 is 12.7 Å². The Hall–Kier alpha value is 1.52. The SMILES string of the molecule is NCC(O)C[O-].[K+]. The predicted octanol–water partition coefficient (Wildman–Crippen LogP) is -5.33. The van der Waals surface area contributed by atoms with Crippen LogP contribution in [0.2, 0.25) is 0 Å². The Balaban J connectivity index is 0. The van der Waals surface area contributed by atoms with Gasteiger partial charge in [-0.15, -0.1) is 6.61 Å². The van der Waals surface area contributed by atoms with E-state index in [9.17, 15) is 5.11 Å². The Morgan fingerprint density at radius 3 is 2.14 bits per heavy atom. The van der Waals surface area contributed by atoms with Crippen LogP contribution in [-0.4, -0.2) is 24.4 Å². The molecule has 0 saturated carbocycles. The first-order chi connectivity index (χ1) is 2.81. The van der Waals surface area contributed by atoms with Crippen LogP contribution in [0.5, 0.6) is 0 Å². The van der Waals surface area contributed by atoms with E-state index in [4.69, 9.17) is 10.8 Å². The molecule has 0 aliphatic heterocycles. The second-order valence-electron chi connectivity index (χ2n) is 1.06. The number of hydrogen-bond acceptors (Lipinski definition) is 3. The molecule has 0 aliphatic rings. The molecule has 0 aliphatic carbocycles. The van der Waals surface area contributed by atoms with Crippen LogP contribution in [0.4, 0.5) is 0 Å². The van der Waals surface area contributed by atoms with Crippen molar-refractivity contribution in [2.45, 2.75) is 6.10 Å². The standard InChI is InChI=1S/C3H8NO2.K/c4-1-3(6)2-5;/h3,6H,1-2,4H2;/q-1;+1. The molecule has 7 heavy (non-hydrogen) atoms. The molecule has 0 radical (unpaired) electrons. The molecule has 4 heteroatoms. The van der Waals surface area contributed by atoms with E-state index >= 15 is 0 Å². The summed E-state index contributed by atoms with van der Waals surface area (Å²) >= 11 is 0. The van der Waals surface area contributed by atoms with Crippen molar-refractivity contribution < 1.29 is 61.6 Å². The molecule has 0 saturated heterocycles. The van der Waals surface area contributed by atoms with Crippen molar-refractivity contribution in [1.29, 1.82) is 0 Å². The Morgan fingerprint density at radius 2 is 2.14 bits per heavy atom. The van der Waals surface area contributed by atoms with Crippen LogP contribution in [0.3, 0.4) is 0 Å². The van der Waals surface area contributed by atoms with Crippen molar-refractivity contribution >= 4 is 0 Å². The van der Waals surface area contributed by atoms with E-state index in [2.05, 4.69) is 0 Å². The average Bonchev–Trinajstić information content (AvgIpc) is 1.65. The van der Waals surface area contributed by atoms with Crippen LogP contribution in [-0.2, 0) is 0 Å². The van der Waals surface area contributed by atoms with Crippen LogP contribution in [0, 0.1) is 0 Å². The van der Waals surface area contributed by atoms with Gasteiger partial charge in [-0.3, -0.25) is 0 Å². The van der Waals surface area contributed by atoms with E-state index in [-0.39, 0.29) is 57.9 Å². The monoisotopic (exact) mass is 129 g/mol. The van der Waals surface area contributed by atoms with E-state index in [0.29, 0.717) is 0 Å². The maximum Gasteiger partial charge on any atom is 1.00 e. The van der Waals surface area contributed by atoms with Crippen molar-refractivity contribution in [2.24, 2.45) is 5.73 Å². The van der Waals surface area contributed by atoms with Gasteiger partial charge in [0.2, 0.25) is 0 Å². The first-order valence-corrected chi connectivity index (χ1v) is 1.77. The van der Waals surface area contributed by atoms with Gasteiger partial charge in [-0.25, -0.2) is 0 Å². The Labute approximate surface area is 85.3 Å². The fourth-order valence-corrected chi connectivity index (χ4v) is 0.0680. The van der Waals surface area contributed by atoms with Crippen molar-refractivity contribution in [3.8, 4) is 0 Å². The van der Waals surface area contributed by atoms with Gasteiger partial charge >= 0.3 is 51.4 Å². The fraction of sp³-hybridized carbons (Fsp3) is 1.00. The number of aliphatic hydroxyl groups excluding tert-OH is 1. The zero-order valence-electron chi connectivity index (χ0n) is 4.42. The molecular formula is C3H8KNO2. The molecule has 38 valence electrons. The van der Waals surface area contributed by atoms with Crippen LogP contribution < -0.4 is 62.2 Å². The van der Waals surface area contributed by atoms with Crippen molar-refractivity contribution in [1.82, 2.24) is 0 Å². The minimum Gasteiger partial charge on any atom is -0.853 e. The number of aliphatic hydroxyl groups is 1. The van der Waals surface area contributed by atoms with Crippen molar-refractivity contribution in [3.05, 3.63) is 0 Å². The van der Waals surface area contributed by atoms with Gasteiger partial charge in [0.25, 0.3) is 0 Å². The van der Waals surface area contributed by atoms with Crippen LogP contribution in [0.1, 0.15) is 0 Å². The third-order valence-corrected chi connectivity index (χ3v) is 0.464. The fourth-order valence-electron chi connectivity index (χ4n) is 0.0680. The van der Waals surface area contributed by atoms with Crippen LogP contribution in [0.25, 0.3) is 0 Å². The minimum absolute atomic E-state index is 0. The van der Waals surface area contributed by atoms with E-state index in [1.807, 2.05) is 0 Å². The first-order valence-electron chi connectivity index (χ1n) is 1.77. The average molecular weight is 129 g/mol. The molecule has 3 nitrogen and oxygen atoms in total. The molecule has 1 atom stereocenters. The van der Waals surface area contributed by atoms with Gasteiger partial charge in [0.15, 0.2) is 0 Å². The predicted molar refractivity (Wildman–Crippen MR) is 19.9 cm³/mol. The number of hydrogen-bond donors (Lipinski definition) is 2. The summed E-state index contributed by atoms with van der Waals surface area (Å²) in [6, 6.07) is 0. The largest absolute Gasteiger partial charge is 1.00 e. The van der Waals surface area contributed by atoms with Crippen molar-refractivity contribution in [2.75, 3.05) is 13.2 Å². The zero-order valence-corrected chi connectivity index (χ0v) is 7.55. The summed E-state index contributed by atoms with van der Waals surface area (Å²) in [4.78, 5) is 0. The summed E-state index contributed by atoms with van der Waals surface area (Å²) in [6.07, 6.45) is -0.843. The van der Waals surface area contributed by atoms with Crippen LogP contribution >= 0.6 is 0 Å². The summed E-state index contributed by atoms with van der Waals surface area (Å²) in [5, 5.41) is 17.8. The normalized spacial score (nSPS) is 12.4. The summed E-state index contributed by atoms with van der Waals surface area (Å²) in [5.41, 5.74) is 4.83. The zero-order chi connectivity index (χ0) is 4.99. The molecular weight excluding hydrogens is 121 g/mol. The van der Waals surface area contributed by atoms with Gasteiger partial charge in [-0.05, 0) is 0 Å². The molecule has 0 aromatic carbocycles. The van der Waals surface area contributed by atoms with E-state index in [1.165, 1.54) is 0 Å². The van der Waals surface area contributed by atoms with Gasteiger partial charge in [-0.2, -0.15) is 0 Å². The Kier molecular flexibility index (Phi) is 12.2. The molecule has 0 fully saturated rings. The molecule has 1 unspecified atom stereocenters. The third-order valence-electron chi connectivity index (χ3n) is 0.464. The molecule has 3 N–H and O–H groups in total. The van der Waals surface area contributed by atoms with E-state index in [1.54, 1.807) is 0 Å². The smallest absolute Gasteiger partial charge is 0.853 e. The van der Waals surface area contributed by atoms with Crippen LogP contribution in [0.15, 0.2) is 0 Å². The number of nitrogens with two attached hydrogens (primary N) is 1. The summed E-state index contributed by atoms with van der Waals surface area (Å²) in [7, 11) is 0. The number of rotatable bonds is 2. The topological polar surface area (TPSA) is 69.3 Å². The second kappa shape index (κ2) is 7.52. The van der Waals surface area contributed by atoms with Gasteiger partial charge in [0.05, 0.1) is 6.10 Å². The Morgan fingerprint density at radius 1 is 1.71 bits per heavy atom. The quantitative estimate of drug-likeness (QED) is 0.366. The van der Waals surface area contributed by atoms with Crippen molar-refractivity contribution in [3.63, 3.8) is 0 Å². The summed E-state index contributed by atoms with van der Waals surface area (Å²) < 4.78 is 0. The summed E-state index contributed by atoms with van der Waals surface area (Å²) in [5.74, 6) is 0. The Bertz CT molecular complexity index is 32.1. The maximum absolute atomic E-state index is 9.53. The van der Waals surface area contributed by atoms with Gasteiger partial charge in [0, 0.05) is 6.54 Å². The molecule has 0 bridgehead atoms. The molecule has 0 heterocycles. The van der Waals surface area contributed by atoms with Gasteiger partial charge in [0.1, 0.15) is 0 Å². The van der Waals surface area contributed by atoms with E-state index in [0.717, 1.165) is 0 Å². The molecule has 0 amide bonds. The third kappa shape index (κ3) is 7.52. The molecule has 0 spiro atoms. The maximum atomic E-state index is 9.53. The second-order valence-corrected chi connectivity index (χ2v) is 1.06. The summed E-state index contributed by atoms with van der Waals surface area (Å²) in [6.45, 7) is -0.417. The van der Waals surface area contributed by atoms with Gasteiger partial charge < -0.3 is 15.9 Å². The molecule has 0 aromatic heterocycles. The molecule has 0 rings (SSSR count). The minimum atomic E-state index is -0.843. The first kappa shape index (κ1) is 11.3. The molecule has 0 aromatic rings.